The van der Waals surface area contributed by atoms with Crippen molar-refractivity contribution in [2.75, 3.05) is 7.05 Å². The minimum atomic E-state index is -0.542. The fourth-order valence-electron chi connectivity index (χ4n) is 1.03. The second kappa shape index (κ2) is 5.33. The monoisotopic (exact) mass is 213 g/mol. The highest BCUT2D eigenvalue weighted by molar-refractivity contribution is 7.07. The lowest BCUT2D eigenvalue weighted by atomic mass is 10.1. The van der Waals surface area contributed by atoms with Crippen molar-refractivity contribution in [2.45, 2.75) is 12.5 Å². The van der Waals surface area contributed by atoms with Crippen molar-refractivity contribution < 1.29 is 9.59 Å². The first kappa shape index (κ1) is 10.6. The molecule has 0 bridgehead atoms. The van der Waals surface area contributed by atoms with Crippen LogP contribution in [0.4, 0.5) is 0 Å². The SMILES string of the molecule is CNC(=O)C(Cc1cscn1)NC=O. The number of nitrogens with one attached hydrogen (secondary N) is 2. The van der Waals surface area contributed by atoms with Crippen LogP contribution < -0.4 is 10.6 Å². The molecule has 0 radical (unpaired) electrons. The largest absolute Gasteiger partial charge is 0.357 e. The van der Waals surface area contributed by atoms with Gasteiger partial charge in [-0.2, -0.15) is 0 Å². The summed E-state index contributed by atoms with van der Waals surface area (Å²) in [4.78, 5) is 25.6. The molecule has 0 spiro atoms. The highest BCUT2D eigenvalue weighted by Gasteiger charge is 2.17. The number of hydrogen-bond acceptors (Lipinski definition) is 4. The summed E-state index contributed by atoms with van der Waals surface area (Å²) in [5.74, 6) is -0.217. The van der Waals surface area contributed by atoms with Gasteiger partial charge in [-0.05, 0) is 0 Å². The van der Waals surface area contributed by atoms with E-state index in [2.05, 4.69) is 15.6 Å². The number of carbonyl (C=O) groups excluding carboxylic acids is 2. The van der Waals surface area contributed by atoms with Gasteiger partial charge in [-0.3, -0.25) is 9.59 Å². The quantitative estimate of drug-likeness (QED) is 0.651. The van der Waals surface area contributed by atoms with Crippen LogP contribution in [0.15, 0.2) is 10.9 Å². The van der Waals surface area contributed by atoms with Crippen molar-refractivity contribution in [3.05, 3.63) is 16.6 Å². The van der Waals surface area contributed by atoms with E-state index >= 15 is 0 Å². The zero-order chi connectivity index (χ0) is 10.4. The topological polar surface area (TPSA) is 71.1 Å². The van der Waals surface area contributed by atoms with Gasteiger partial charge in [0.2, 0.25) is 12.3 Å². The van der Waals surface area contributed by atoms with Crippen LogP contribution in [0.1, 0.15) is 5.69 Å². The molecule has 1 unspecified atom stereocenters. The lowest BCUT2D eigenvalue weighted by molar-refractivity contribution is -0.124. The summed E-state index contributed by atoms with van der Waals surface area (Å²) in [5.41, 5.74) is 2.50. The third-order valence-corrected chi connectivity index (χ3v) is 2.36. The fourth-order valence-corrected chi connectivity index (χ4v) is 1.60. The summed E-state index contributed by atoms with van der Waals surface area (Å²) in [7, 11) is 1.53. The van der Waals surface area contributed by atoms with E-state index in [-0.39, 0.29) is 5.91 Å². The van der Waals surface area contributed by atoms with Crippen molar-refractivity contribution in [1.82, 2.24) is 15.6 Å². The van der Waals surface area contributed by atoms with Crippen LogP contribution in [0.5, 0.6) is 0 Å². The van der Waals surface area contributed by atoms with Crippen LogP contribution in [0.2, 0.25) is 0 Å². The first-order valence-electron chi connectivity index (χ1n) is 4.06. The average molecular weight is 213 g/mol. The van der Waals surface area contributed by atoms with E-state index in [0.717, 1.165) is 5.69 Å². The fraction of sp³-hybridized carbons (Fsp3) is 0.375. The minimum absolute atomic E-state index is 0.217. The molecule has 6 heteroatoms. The third-order valence-electron chi connectivity index (χ3n) is 1.73. The molecule has 1 heterocycles. The molecule has 0 aliphatic rings. The summed E-state index contributed by atoms with van der Waals surface area (Å²) < 4.78 is 0. The first-order chi connectivity index (χ1) is 6.77. The Labute approximate surface area is 85.5 Å². The molecule has 0 aliphatic heterocycles. The number of likely N-dealkylation sites (N-methyl/N-ethyl adjacent to an activating group) is 1. The van der Waals surface area contributed by atoms with Crippen LogP contribution in [0, 0.1) is 0 Å². The summed E-state index contributed by atoms with van der Waals surface area (Å²) in [6, 6.07) is -0.542. The Morgan fingerprint density at radius 1 is 1.79 bits per heavy atom. The molecule has 14 heavy (non-hydrogen) atoms. The second-order valence-electron chi connectivity index (χ2n) is 2.64. The van der Waals surface area contributed by atoms with E-state index in [4.69, 9.17) is 0 Å². The number of aromatic nitrogens is 1. The van der Waals surface area contributed by atoms with E-state index in [1.54, 1.807) is 5.51 Å². The van der Waals surface area contributed by atoms with Gasteiger partial charge in [-0.15, -0.1) is 11.3 Å². The molecule has 1 rings (SSSR count). The van der Waals surface area contributed by atoms with Crippen LogP contribution >= 0.6 is 11.3 Å². The van der Waals surface area contributed by atoms with Gasteiger partial charge in [0.1, 0.15) is 6.04 Å². The van der Waals surface area contributed by atoms with Crippen LogP contribution in [-0.4, -0.2) is 30.4 Å². The highest BCUT2D eigenvalue weighted by Crippen LogP contribution is 2.04. The molecule has 0 saturated heterocycles. The van der Waals surface area contributed by atoms with Gasteiger partial charge in [0.15, 0.2) is 0 Å². The third kappa shape index (κ3) is 2.81. The molecule has 1 aromatic rings. The lowest BCUT2D eigenvalue weighted by Crippen LogP contribution is -2.43. The van der Waals surface area contributed by atoms with Crippen molar-refractivity contribution in [2.24, 2.45) is 0 Å². The van der Waals surface area contributed by atoms with E-state index in [1.807, 2.05) is 5.38 Å². The maximum absolute atomic E-state index is 11.3. The molecule has 5 nitrogen and oxygen atoms in total. The molecule has 0 fully saturated rings. The molecular weight excluding hydrogens is 202 g/mol. The van der Waals surface area contributed by atoms with Gasteiger partial charge in [-0.1, -0.05) is 0 Å². The van der Waals surface area contributed by atoms with Gasteiger partial charge < -0.3 is 10.6 Å². The highest BCUT2D eigenvalue weighted by atomic mass is 32.1. The number of rotatable bonds is 5. The van der Waals surface area contributed by atoms with E-state index in [1.165, 1.54) is 18.4 Å². The molecule has 1 aromatic heterocycles. The zero-order valence-electron chi connectivity index (χ0n) is 7.69. The van der Waals surface area contributed by atoms with E-state index in [9.17, 15) is 9.59 Å². The van der Waals surface area contributed by atoms with Crippen molar-refractivity contribution in [3.63, 3.8) is 0 Å². The molecule has 2 amide bonds. The van der Waals surface area contributed by atoms with Crippen LogP contribution in [-0.2, 0) is 16.0 Å². The minimum Gasteiger partial charge on any atom is -0.357 e. The smallest absolute Gasteiger partial charge is 0.242 e. The molecule has 0 aliphatic carbocycles. The van der Waals surface area contributed by atoms with Gasteiger partial charge in [0.05, 0.1) is 11.2 Å². The Balaban J connectivity index is 2.59. The van der Waals surface area contributed by atoms with Crippen molar-refractivity contribution >= 4 is 23.7 Å². The molecule has 1 atom stereocenters. The maximum atomic E-state index is 11.3. The predicted molar refractivity (Wildman–Crippen MR) is 52.9 cm³/mol. The second-order valence-corrected chi connectivity index (χ2v) is 3.35. The normalized spacial score (nSPS) is 11.8. The Bertz CT molecular complexity index is 300. The Kier molecular flexibility index (Phi) is 4.06. The number of amides is 2. The van der Waals surface area contributed by atoms with Gasteiger partial charge >= 0.3 is 0 Å². The van der Waals surface area contributed by atoms with Crippen LogP contribution in [0.25, 0.3) is 0 Å². The molecule has 2 N–H and O–H groups in total. The Morgan fingerprint density at radius 2 is 2.57 bits per heavy atom. The van der Waals surface area contributed by atoms with E-state index in [0.29, 0.717) is 12.8 Å². The van der Waals surface area contributed by atoms with Crippen molar-refractivity contribution in [1.29, 1.82) is 0 Å². The van der Waals surface area contributed by atoms with Gasteiger partial charge in [0.25, 0.3) is 0 Å². The number of hydrogen-bond donors (Lipinski definition) is 2. The predicted octanol–water partition coefficient (Wildman–Crippen LogP) is -0.454. The molecule has 0 saturated carbocycles. The van der Waals surface area contributed by atoms with Crippen LogP contribution in [0.3, 0.4) is 0 Å². The Hall–Kier alpha value is -1.43. The Morgan fingerprint density at radius 3 is 3.07 bits per heavy atom. The number of carbonyl (C=O) groups is 2. The molecule has 76 valence electrons. The molecular formula is C8H11N3O2S. The van der Waals surface area contributed by atoms with Gasteiger partial charge in [-0.25, -0.2) is 4.98 Å². The van der Waals surface area contributed by atoms with E-state index < -0.39 is 6.04 Å². The summed E-state index contributed by atoms with van der Waals surface area (Å²) >= 11 is 1.46. The summed E-state index contributed by atoms with van der Waals surface area (Å²) in [6.45, 7) is 0. The average Bonchev–Trinajstić information content (AvgIpc) is 2.68. The van der Waals surface area contributed by atoms with Gasteiger partial charge in [0, 0.05) is 18.8 Å². The zero-order valence-corrected chi connectivity index (χ0v) is 8.50. The standard InChI is InChI=1S/C8H11N3O2S/c1-9-8(13)7(10-4-12)2-6-3-14-5-11-6/h3-5,7H,2H2,1H3,(H,9,13)(H,10,12). The number of nitrogens with zero attached hydrogens (tertiary/aromatic N) is 1. The maximum Gasteiger partial charge on any atom is 0.242 e. The molecule has 0 aromatic carbocycles. The van der Waals surface area contributed by atoms with Crippen molar-refractivity contribution in [3.8, 4) is 0 Å². The number of thiazole rings is 1. The summed E-state index contributed by atoms with van der Waals surface area (Å²) in [5, 5.41) is 6.77. The lowest BCUT2D eigenvalue weighted by Gasteiger charge is -2.12. The first-order valence-corrected chi connectivity index (χ1v) is 5.00. The summed E-state index contributed by atoms with van der Waals surface area (Å²) in [6.07, 6.45) is 0.939.